The van der Waals surface area contributed by atoms with Gasteiger partial charge in [0.1, 0.15) is 0 Å². The van der Waals surface area contributed by atoms with E-state index in [2.05, 4.69) is 10.8 Å². The molecule has 0 aromatic heterocycles. The molecular formula is C15H14N2O2. The molecule has 0 aliphatic heterocycles. The highest BCUT2D eigenvalue weighted by Gasteiger charge is 2.19. The molecular weight excluding hydrogens is 240 g/mol. The van der Waals surface area contributed by atoms with Crippen LogP contribution in [0, 0.1) is 0 Å². The summed E-state index contributed by atoms with van der Waals surface area (Å²) >= 11 is 0. The molecule has 19 heavy (non-hydrogen) atoms. The summed E-state index contributed by atoms with van der Waals surface area (Å²) in [4.78, 5) is 11.7. The van der Waals surface area contributed by atoms with Crippen LogP contribution in [0.2, 0.25) is 0 Å². The van der Waals surface area contributed by atoms with Crippen LogP contribution in [0.4, 0.5) is 17.1 Å². The van der Waals surface area contributed by atoms with Crippen molar-refractivity contribution in [2.75, 3.05) is 10.8 Å². The van der Waals surface area contributed by atoms with Gasteiger partial charge >= 0.3 is 0 Å². The van der Waals surface area contributed by atoms with Gasteiger partial charge in [0.05, 0.1) is 5.69 Å². The van der Waals surface area contributed by atoms with Crippen LogP contribution < -0.4 is 10.8 Å². The predicted molar refractivity (Wildman–Crippen MR) is 74.2 cm³/mol. The van der Waals surface area contributed by atoms with Gasteiger partial charge in [-0.15, -0.1) is 0 Å². The molecule has 2 aromatic rings. The van der Waals surface area contributed by atoms with E-state index in [9.17, 15) is 4.79 Å². The molecule has 1 aliphatic carbocycles. The van der Waals surface area contributed by atoms with E-state index in [-0.39, 0.29) is 5.78 Å². The van der Waals surface area contributed by atoms with E-state index in [0.717, 1.165) is 28.9 Å². The maximum Gasteiger partial charge on any atom is 0.163 e. The van der Waals surface area contributed by atoms with Crippen LogP contribution in [0.5, 0.6) is 0 Å². The first-order chi connectivity index (χ1) is 9.26. The Morgan fingerprint density at radius 1 is 0.895 bits per heavy atom. The topological polar surface area (TPSA) is 61.4 Å². The van der Waals surface area contributed by atoms with Gasteiger partial charge in [0, 0.05) is 23.4 Å². The molecule has 0 heterocycles. The summed E-state index contributed by atoms with van der Waals surface area (Å²) in [5.74, 6) is 0.221. The van der Waals surface area contributed by atoms with E-state index in [1.54, 1.807) is 12.1 Å². The van der Waals surface area contributed by atoms with Crippen LogP contribution in [0.25, 0.3) is 0 Å². The number of aryl methyl sites for hydroxylation is 1. The second-order valence-electron chi connectivity index (χ2n) is 4.61. The number of fused-ring (bicyclic) bond motifs is 1. The van der Waals surface area contributed by atoms with Gasteiger partial charge < -0.3 is 5.32 Å². The average molecular weight is 254 g/mol. The summed E-state index contributed by atoms with van der Waals surface area (Å²) in [5, 5.41) is 12.0. The summed E-state index contributed by atoms with van der Waals surface area (Å²) in [6, 6.07) is 13.1. The highest BCUT2D eigenvalue weighted by atomic mass is 16.5. The highest BCUT2D eigenvalue weighted by molar-refractivity contribution is 6.01. The minimum atomic E-state index is 0.221. The lowest BCUT2D eigenvalue weighted by Gasteiger charge is -2.08. The van der Waals surface area contributed by atoms with Gasteiger partial charge in [-0.2, -0.15) is 0 Å². The molecule has 0 radical (unpaired) electrons. The SMILES string of the molecule is O=C1CCc2ccc(Nc3ccc(NO)cc3)cc21. The number of ketones is 1. The fraction of sp³-hybridized carbons (Fsp3) is 0.133. The Labute approximate surface area is 111 Å². The standard InChI is InChI=1S/C15H14N2O2/c18-15-8-2-10-1-3-13(9-14(10)15)16-11-4-6-12(17-19)7-5-11/h1,3-7,9,16-17,19H,2,8H2. The van der Waals surface area contributed by atoms with Gasteiger partial charge in [-0.05, 0) is 48.4 Å². The Kier molecular flexibility index (Phi) is 2.93. The van der Waals surface area contributed by atoms with Gasteiger partial charge in [-0.25, -0.2) is 0 Å². The second kappa shape index (κ2) is 4.74. The van der Waals surface area contributed by atoms with Gasteiger partial charge in [0.15, 0.2) is 5.78 Å². The Bertz CT molecular complexity index is 621. The van der Waals surface area contributed by atoms with Crippen LogP contribution >= 0.6 is 0 Å². The lowest BCUT2D eigenvalue weighted by Crippen LogP contribution is -1.95. The fourth-order valence-electron chi connectivity index (χ4n) is 2.31. The molecule has 3 N–H and O–H groups in total. The molecule has 0 fully saturated rings. The van der Waals surface area contributed by atoms with Crippen molar-refractivity contribution in [1.82, 2.24) is 0 Å². The molecule has 1 aliphatic rings. The molecule has 2 aromatic carbocycles. The predicted octanol–water partition coefficient (Wildman–Crippen LogP) is 3.36. The smallest absolute Gasteiger partial charge is 0.163 e. The van der Waals surface area contributed by atoms with Crippen molar-refractivity contribution in [3.63, 3.8) is 0 Å². The first kappa shape index (κ1) is 11.7. The van der Waals surface area contributed by atoms with E-state index in [4.69, 9.17) is 5.21 Å². The third kappa shape index (κ3) is 2.30. The number of carbonyl (C=O) groups excluding carboxylic acids is 1. The minimum absolute atomic E-state index is 0.221. The number of hydrogen-bond acceptors (Lipinski definition) is 4. The van der Waals surface area contributed by atoms with Crippen molar-refractivity contribution >= 4 is 22.8 Å². The van der Waals surface area contributed by atoms with E-state index >= 15 is 0 Å². The number of anilines is 3. The van der Waals surface area contributed by atoms with Crippen molar-refractivity contribution < 1.29 is 10.0 Å². The molecule has 0 spiro atoms. The Morgan fingerprint density at radius 2 is 1.58 bits per heavy atom. The fourth-order valence-corrected chi connectivity index (χ4v) is 2.31. The van der Waals surface area contributed by atoms with E-state index in [1.165, 1.54) is 0 Å². The maximum absolute atomic E-state index is 11.7. The Balaban J connectivity index is 1.83. The molecule has 4 heteroatoms. The second-order valence-corrected chi connectivity index (χ2v) is 4.61. The summed E-state index contributed by atoms with van der Waals surface area (Å²) in [6.07, 6.45) is 1.47. The monoisotopic (exact) mass is 254 g/mol. The average Bonchev–Trinajstić information content (AvgIpc) is 2.81. The van der Waals surface area contributed by atoms with Crippen LogP contribution in [0.3, 0.4) is 0 Å². The molecule has 96 valence electrons. The number of hydrogen-bond donors (Lipinski definition) is 3. The van der Waals surface area contributed by atoms with Crippen molar-refractivity contribution in [2.45, 2.75) is 12.8 Å². The summed E-state index contributed by atoms with van der Waals surface area (Å²) in [7, 11) is 0. The van der Waals surface area contributed by atoms with Crippen LogP contribution in [-0.2, 0) is 6.42 Å². The lowest BCUT2D eigenvalue weighted by molar-refractivity contribution is 0.0994. The molecule has 0 amide bonds. The van der Waals surface area contributed by atoms with E-state index < -0.39 is 0 Å². The zero-order valence-corrected chi connectivity index (χ0v) is 10.3. The third-order valence-corrected chi connectivity index (χ3v) is 3.33. The normalized spacial score (nSPS) is 13.2. The maximum atomic E-state index is 11.7. The van der Waals surface area contributed by atoms with Gasteiger partial charge in [0.2, 0.25) is 0 Å². The van der Waals surface area contributed by atoms with Crippen molar-refractivity contribution in [3.05, 3.63) is 53.6 Å². The lowest BCUT2D eigenvalue weighted by atomic mass is 10.1. The van der Waals surface area contributed by atoms with Gasteiger partial charge in [-0.3, -0.25) is 15.5 Å². The number of Topliss-reactive ketones (excluding diaryl/α,β-unsaturated/α-hetero) is 1. The zero-order valence-electron chi connectivity index (χ0n) is 10.3. The highest BCUT2D eigenvalue weighted by Crippen LogP contribution is 2.27. The number of nitrogens with one attached hydrogen (secondary N) is 2. The number of rotatable bonds is 3. The van der Waals surface area contributed by atoms with Crippen LogP contribution in [-0.4, -0.2) is 11.0 Å². The quantitative estimate of drug-likeness (QED) is 0.735. The molecule has 0 unspecified atom stereocenters. The minimum Gasteiger partial charge on any atom is -0.356 e. The van der Waals surface area contributed by atoms with Crippen molar-refractivity contribution in [2.24, 2.45) is 0 Å². The zero-order chi connectivity index (χ0) is 13.2. The van der Waals surface area contributed by atoms with Crippen molar-refractivity contribution in [1.29, 1.82) is 0 Å². The first-order valence-corrected chi connectivity index (χ1v) is 6.19. The van der Waals surface area contributed by atoms with Gasteiger partial charge in [0.25, 0.3) is 0 Å². The molecule has 4 nitrogen and oxygen atoms in total. The summed E-state index contributed by atoms with van der Waals surface area (Å²) in [6.45, 7) is 0. The van der Waals surface area contributed by atoms with E-state index in [1.807, 2.05) is 30.3 Å². The molecule has 3 rings (SSSR count). The summed E-state index contributed by atoms with van der Waals surface area (Å²) < 4.78 is 0. The molecule has 0 atom stereocenters. The van der Waals surface area contributed by atoms with E-state index in [0.29, 0.717) is 12.1 Å². The summed E-state index contributed by atoms with van der Waals surface area (Å²) in [5.41, 5.74) is 6.49. The van der Waals surface area contributed by atoms with Crippen LogP contribution in [0.1, 0.15) is 22.3 Å². The number of benzene rings is 2. The largest absolute Gasteiger partial charge is 0.356 e. The number of carbonyl (C=O) groups is 1. The molecule has 0 bridgehead atoms. The molecule has 0 saturated carbocycles. The third-order valence-electron chi connectivity index (χ3n) is 3.33. The van der Waals surface area contributed by atoms with Gasteiger partial charge in [-0.1, -0.05) is 6.07 Å². The Morgan fingerprint density at radius 3 is 2.32 bits per heavy atom. The van der Waals surface area contributed by atoms with Crippen molar-refractivity contribution in [3.8, 4) is 0 Å². The molecule has 0 saturated heterocycles. The Hall–Kier alpha value is -2.33. The van der Waals surface area contributed by atoms with Crippen LogP contribution in [0.15, 0.2) is 42.5 Å². The first-order valence-electron chi connectivity index (χ1n) is 6.19.